The molecule has 0 unspecified atom stereocenters. The van der Waals surface area contributed by atoms with Crippen LogP contribution in [0.1, 0.15) is 23.1 Å². The minimum Gasteiger partial charge on any atom is -0.478 e. The van der Waals surface area contributed by atoms with Gasteiger partial charge < -0.3 is 15.1 Å². The Kier molecular flexibility index (Phi) is 8.83. The number of rotatable bonds is 5. The van der Waals surface area contributed by atoms with Gasteiger partial charge in [-0.1, -0.05) is 30.3 Å². The molecule has 1 aliphatic rings. The van der Waals surface area contributed by atoms with Crippen LogP contribution in [0.25, 0.3) is 5.57 Å². The summed E-state index contributed by atoms with van der Waals surface area (Å²) in [5.41, 5.74) is 4.63. The Morgan fingerprint density at radius 1 is 1.07 bits per heavy atom. The predicted molar refractivity (Wildman–Crippen MR) is 117 cm³/mol. The lowest BCUT2D eigenvalue weighted by Crippen LogP contribution is -2.12. The van der Waals surface area contributed by atoms with Crippen molar-refractivity contribution in [1.82, 2.24) is 4.90 Å². The van der Waals surface area contributed by atoms with Crippen LogP contribution in [0.4, 0.5) is 4.39 Å². The SMILES string of the molecule is CN(C)CCC=C1c2cc(F)ccc2CSc2ccccc21.O=C(O)C=CC(=O)O. The van der Waals surface area contributed by atoms with Crippen molar-refractivity contribution in [3.8, 4) is 0 Å². The average molecular weight is 430 g/mol. The second-order valence-electron chi connectivity index (χ2n) is 6.81. The van der Waals surface area contributed by atoms with Gasteiger partial charge in [-0.15, -0.1) is 11.8 Å². The summed E-state index contributed by atoms with van der Waals surface area (Å²) in [6.07, 6.45) is 4.32. The lowest BCUT2D eigenvalue weighted by atomic mass is 9.93. The molecule has 3 rings (SSSR count). The molecule has 0 amide bonds. The van der Waals surface area contributed by atoms with E-state index in [1.807, 2.05) is 17.8 Å². The van der Waals surface area contributed by atoms with Crippen LogP contribution in [-0.4, -0.2) is 47.7 Å². The lowest BCUT2D eigenvalue weighted by Gasteiger charge is -2.13. The first kappa shape index (κ1) is 23.4. The van der Waals surface area contributed by atoms with Crippen molar-refractivity contribution >= 4 is 29.3 Å². The first-order valence-corrected chi connectivity index (χ1v) is 10.3. The highest BCUT2D eigenvalue weighted by Gasteiger charge is 2.18. The van der Waals surface area contributed by atoms with E-state index in [-0.39, 0.29) is 5.82 Å². The summed E-state index contributed by atoms with van der Waals surface area (Å²) in [4.78, 5) is 22.5. The second-order valence-corrected chi connectivity index (χ2v) is 7.82. The summed E-state index contributed by atoms with van der Waals surface area (Å²) in [7, 11) is 4.14. The summed E-state index contributed by atoms with van der Waals surface area (Å²) in [6.45, 7) is 0.990. The molecule has 158 valence electrons. The molecule has 0 fully saturated rings. The van der Waals surface area contributed by atoms with Crippen molar-refractivity contribution < 1.29 is 24.2 Å². The molecule has 7 heteroatoms. The van der Waals surface area contributed by atoms with Crippen LogP contribution >= 0.6 is 11.8 Å². The first-order valence-electron chi connectivity index (χ1n) is 9.27. The molecule has 0 atom stereocenters. The minimum atomic E-state index is -1.26. The molecular formula is C23H24FNO4S. The van der Waals surface area contributed by atoms with Crippen LogP contribution in [0.15, 0.2) is 65.6 Å². The smallest absolute Gasteiger partial charge is 0.328 e. The molecule has 0 spiro atoms. The summed E-state index contributed by atoms with van der Waals surface area (Å²) in [5, 5.41) is 15.6. The Hall–Kier alpha value is -2.90. The molecule has 30 heavy (non-hydrogen) atoms. The number of thioether (sulfide) groups is 1. The third-order valence-corrected chi connectivity index (χ3v) is 5.34. The van der Waals surface area contributed by atoms with Crippen LogP contribution in [-0.2, 0) is 15.3 Å². The van der Waals surface area contributed by atoms with Crippen molar-refractivity contribution in [2.75, 3.05) is 20.6 Å². The summed E-state index contributed by atoms with van der Waals surface area (Å²) >= 11 is 1.83. The maximum Gasteiger partial charge on any atom is 0.328 e. The molecule has 2 aromatic rings. The number of aliphatic carboxylic acids is 2. The van der Waals surface area contributed by atoms with Gasteiger partial charge in [0.05, 0.1) is 0 Å². The Labute approximate surface area is 179 Å². The van der Waals surface area contributed by atoms with E-state index in [1.165, 1.54) is 16.0 Å². The number of benzene rings is 2. The fourth-order valence-corrected chi connectivity index (χ4v) is 3.94. The molecule has 0 saturated carbocycles. The standard InChI is InChI=1S/C19H20FNS.C4H4O4/c1-21(2)11-5-7-16-17-6-3-4-8-19(17)22-13-14-9-10-15(20)12-18(14)16;5-3(6)1-2-4(7)8/h3-4,6-10,12H,5,11,13H2,1-2H3;1-2H,(H,5,6)(H,7,8). The van der Waals surface area contributed by atoms with Crippen LogP contribution in [0.5, 0.6) is 0 Å². The van der Waals surface area contributed by atoms with E-state index < -0.39 is 11.9 Å². The molecule has 2 aromatic carbocycles. The molecule has 0 saturated heterocycles. The van der Waals surface area contributed by atoms with Crippen molar-refractivity contribution in [3.05, 3.63) is 83.2 Å². The molecule has 0 aromatic heterocycles. The van der Waals surface area contributed by atoms with E-state index in [9.17, 15) is 14.0 Å². The van der Waals surface area contributed by atoms with Crippen LogP contribution in [0.2, 0.25) is 0 Å². The minimum absolute atomic E-state index is 0.165. The number of carboxylic acid groups (broad SMARTS) is 2. The highest BCUT2D eigenvalue weighted by atomic mass is 32.2. The molecule has 1 aliphatic heterocycles. The topological polar surface area (TPSA) is 77.8 Å². The Morgan fingerprint density at radius 3 is 2.37 bits per heavy atom. The third kappa shape index (κ3) is 7.17. The highest BCUT2D eigenvalue weighted by molar-refractivity contribution is 7.98. The van der Waals surface area contributed by atoms with Crippen LogP contribution < -0.4 is 0 Å². The molecule has 5 nitrogen and oxygen atoms in total. The van der Waals surface area contributed by atoms with Crippen molar-refractivity contribution in [2.24, 2.45) is 0 Å². The van der Waals surface area contributed by atoms with E-state index in [0.717, 1.165) is 29.9 Å². The van der Waals surface area contributed by atoms with Gasteiger partial charge in [0.2, 0.25) is 0 Å². The van der Waals surface area contributed by atoms with Crippen molar-refractivity contribution in [2.45, 2.75) is 17.1 Å². The van der Waals surface area contributed by atoms with Gasteiger partial charge in [-0.2, -0.15) is 0 Å². The largest absolute Gasteiger partial charge is 0.478 e. The van der Waals surface area contributed by atoms with Gasteiger partial charge >= 0.3 is 11.9 Å². The molecule has 0 bridgehead atoms. The Bertz CT molecular complexity index is 953. The van der Waals surface area contributed by atoms with Crippen molar-refractivity contribution in [1.29, 1.82) is 0 Å². The fraction of sp³-hybridized carbons (Fsp3) is 0.217. The summed E-state index contributed by atoms with van der Waals surface area (Å²) < 4.78 is 13.8. The molecule has 0 aliphatic carbocycles. The van der Waals surface area contributed by atoms with Crippen LogP contribution in [0, 0.1) is 5.82 Å². The zero-order valence-electron chi connectivity index (χ0n) is 16.8. The van der Waals surface area contributed by atoms with E-state index in [2.05, 4.69) is 49.3 Å². The third-order valence-electron chi connectivity index (χ3n) is 4.22. The second kappa shape index (κ2) is 11.3. The number of carbonyl (C=O) groups is 2. The number of hydrogen-bond donors (Lipinski definition) is 2. The molecule has 0 radical (unpaired) electrons. The molecule has 2 N–H and O–H groups in total. The van der Waals surface area contributed by atoms with E-state index in [0.29, 0.717) is 12.2 Å². The fourth-order valence-electron chi connectivity index (χ4n) is 2.87. The normalized spacial score (nSPS) is 13.9. The monoisotopic (exact) mass is 429 g/mol. The zero-order chi connectivity index (χ0) is 22.1. The first-order chi connectivity index (χ1) is 14.3. The van der Waals surface area contributed by atoms with Gasteiger partial charge in [0.1, 0.15) is 5.82 Å². The van der Waals surface area contributed by atoms with Gasteiger partial charge in [-0.3, -0.25) is 0 Å². The van der Waals surface area contributed by atoms with E-state index in [1.54, 1.807) is 12.1 Å². The van der Waals surface area contributed by atoms with E-state index >= 15 is 0 Å². The van der Waals surface area contributed by atoms with Crippen molar-refractivity contribution in [3.63, 3.8) is 0 Å². The summed E-state index contributed by atoms with van der Waals surface area (Å²) in [5.74, 6) is -1.79. The summed E-state index contributed by atoms with van der Waals surface area (Å²) in [6, 6.07) is 13.6. The molecule has 1 heterocycles. The maximum atomic E-state index is 13.8. The Balaban J connectivity index is 0.000000343. The van der Waals surface area contributed by atoms with Gasteiger partial charge in [0.15, 0.2) is 0 Å². The quantitative estimate of drug-likeness (QED) is 0.680. The lowest BCUT2D eigenvalue weighted by molar-refractivity contribution is -0.134. The number of carboxylic acids is 2. The number of nitrogens with zero attached hydrogens (tertiary/aromatic N) is 1. The van der Waals surface area contributed by atoms with E-state index in [4.69, 9.17) is 10.2 Å². The average Bonchev–Trinajstić information content (AvgIpc) is 2.84. The molecular weight excluding hydrogens is 405 g/mol. The number of fused-ring (bicyclic) bond motifs is 2. The zero-order valence-corrected chi connectivity index (χ0v) is 17.7. The van der Waals surface area contributed by atoms with Gasteiger partial charge in [0.25, 0.3) is 0 Å². The number of hydrogen-bond acceptors (Lipinski definition) is 4. The van der Waals surface area contributed by atoms with Crippen LogP contribution in [0.3, 0.4) is 0 Å². The highest BCUT2D eigenvalue weighted by Crippen LogP contribution is 2.40. The van der Waals surface area contributed by atoms with Gasteiger partial charge in [-0.25, -0.2) is 14.0 Å². The predicted octanol–water partition coefficient (Wildman–Crippen LogP) is 4.53. The van der Waals surface area contributed by atoms with Gasteiger partial charge in [0, 0.05) is 29.3 Å². The van der Waals surface area contributed by atoms with Gasteiger partial charge in [-0.05, 0) is 61.0 Å². The maximum absolute atomic E-state index is 13.8. The number of halogens is 1. The Morgan fingerprint density at radius 2 is 1.73 bits per heavy atom.